The molecule has 0 saturated carbocycles. The number of hydrogen-bond donors (Lipinski definition) is 0. The Labute approximate surface area is 605 Å². The summed E-state index contributed by atoms with van der Waals surface area (Å²) in [6, 6.07) is 19.3. The van der Waals surface area contributed by atoms with Gasteiger partial charge in [-0.05, 0) is 114 Å². The zero-order chi connectivity index (χ0) is 69.1. The van der Waals surface area contributed by atoms with Crippen LogP contribution in [0, 0.1) is 72.0 Å². The van der Waals surface area contributed by atoms with Gasteiger partial charge in [0.1, 0.15) is 11.9 Å². The molecular formula is C84H80Cl2N4O4S4. The highest BCUT2D eigenvalue weighted by Gasteiger charge is 2.52. The van der Waals surface area contributed by atoms with Crippen LogP contribution in [-0.4, -0.2) is 18.2 Å². The number of hydrogen-bond acceptors (Lipinski definition) is 10. The number of benzene rings is 3. The molecule has 4 aliphatic rings. The van der Waals surface area contributed by atoms with Gasteiger partial charge in [0, 0.05) is 86.4 Å². The van der Waals surface area contributed by atoms with Crippen LogP contribution in [0.15, 0.2) is 71.1 Å². The Hall–Kier alpha value is -7.90. The van der Waals surface area contributed by atoms with Crippen LogP contribution in [0.1, 0.15) is 265 Å². The van der Waals surface area contributed by atoms with E-state index in [1.54, 1.807) is 63.5 Å². The van der Waals surface area contributed by atoms with Gasteiger partial charge in [0.05, 0.1) is 61.1 Å². The zero-order valence-electron chi connectivity index (χ0n) is 56.8. The minimum atomic E-state index is -0.525. The number of nitriles is 2. The third-order valence-corrected chi connectivity index (χ3v) is 25.7. The van der Waals surface area contributed by atoms with Crippen LogP contribution < -0.4 is 9.47 Å². The molecule has 0 atom stereocenters. The molecule has 0 spiro atoms. The number of unbranched alkanes of at least 4 members (excludes halogenated alkanes) is 17. The number of thiophene rings is 4. The van der Waals surface area contributed by atoms with Crippen molar-refractivity contribution in [1.82, 2.24) is 0 Å². The second-order valence-corrected chi connectivity index (χ2v) is 31.3. The number of allylic oxidation sites excluding steroid dienone is 6. The Kier molecular flexibility index (Phi) is 23.6. The fraction of sp³-hybridized carbons (Fsp3) is 0.405. The summed E-state index contributed by atoms with van der Waals surface area (Å²) in [6.07, 6.45) is 39.6. The zero-order valence-corrected chi connectivity index (χ0v) is 61.5. The van der Waals surface area contributed by atoms with Crippen molar-refractivity contribution in [1.29, 1.82) is 10.5 Å². The molecule has 4 aliphatic carbocycles. The summed E-state index contributed by atoms with van der Waals surface area (Å²) in [5.41, 5.74) is 6.76. The summed E-state index contributed by atoms with van der Waals surface area (Å²) in [4.78, 5) is 43.0. The summed E-state index contributed by atoms with van der Waals surface area (Å²) < 4.78 is 16.9. The quantitative estimate of drug-likeness (QED) is 0.0141. The fourth-order valence-electron chi connectivity index (χ4n) is 15.5. The van der Waals surface area contributed by atoms with Crippen LogP contribution >= 0.6 is 68.5 Å². The molecule has 0 unspecified atom stereocenters. The maximum atomic E-state index is 14.8. The number of carbonyl (C=O) groups excluding carboxylic acids is 2. The molecule has 11 rings (SSSR count). The lowest BCUT2D eigenvalue weighted by atomic mass is 9.69. The van der Waals surface area contributed by atoms with Crippen molar-refractivity contribution in [2.24, 2.45) is 0 Å². The first-order valence-corrected chi connectivity index (χ1v) is 39.2. The van der Waals surface area contributed by atoms with Crippen molar-refractivity contribution >= 4 is 124 Å². The molecule has 498 valence electrons. The number of terminal acetylenes is 1. The van der Waals surface area contributed by atoms with Crippen LogP contribution in [-0.2, 0) is 10.8 Å². The number of rotatable bonds is 31. The minimum Gasteiger partial charge on any atom is -0.491 e. The van der Waals surface area contributed by atoms with E-state index in [2.05, 4.69) is 98.4 Å². The molecule has 4 aromatic heterocycles. The molecule has 0 amide bonds. The first-order valence-electron chi connectivity index (χ1n) is 35.2. The summed E-state index contributed by atoms with van der Waals surface area (Å²) in [6.45, 7) is 28.0. The number of Topliss-reactive ketones (excluding diaryl/α,β-unsaturated/α-hetero) is 2. The third-order valence-electron chi connectivity index (χ3n) is 20.1. The van der Waals surface area contributed by atoms with Gasteiger partial charge in [-0.15, -0.1) is 51.8 Å². The van der Waals surface area contributed by atoms with Gasteiger partial charge in [-0.2, -0.15) is 0 Å². The van der Waals surface area contributed by atoms with E-state index in [-0.39, 0.29) is 44.2 Å². The number of nitrogens with zero attached hydrogens (tertiary/aromatic N) is 4. The first-order chi connectivity index (χ1) is 47.9. The second-order valence-electron chi connectivity index (χ2n) is 26.2. The normalized spacial score (nSPS) is 15.9. The fourth-order valence-corrected chi connectivity index (χ4v) is 21.3. The largest absolute Gasteiger partial charge is 0.491 e. The molecular weight excluding hydrogens is 1330 g/mol. The Balaban J connectivity index is 1.24. The van der Waals surface area contributed by atoms with Gasteiger partial charge >= 0.3 is 0 Å². The highest BCUT2D eigenvalue weighted by atomic mass is 35.5. The lowest BCUT2D eigenvalue weighted by Gasteiger charge is -2.33. The van der Waals surface area contributed by atoms with E-state index in [9.17, 15) is 20.1 Å². The van der Waals surface area contributed by atoms with Crippen molar-refractivity contribution in [3.8, 4) is 79.4 Å². The predicted molar refractivity (Wildman–Crippen MR) is 410 cm³/mol. The predicted octanol–water partition coefficient (Wildman–Crippen LogP) is 25.5. The number of halogens is 2. The molecule has 0 saturated heterocycles. The van der Waals surface area contributed by atoms with Crippen molar-refractivity contribution in [3.05, 3.63) is 158 Å². The maximum absolute atomic E-state index is 14.8. The van der Waals surface area contributed by atoms with Gasteiger partial charge in [0.25, 0.3) is 11.4 Å². The van der Waals surface area contributed by atoms with Crippen LogP contribution in [0.3, 0.4) is 0 Å². The van der Waals surface area contributed by atoms with E-state index < -0.39 is 10.8 Å². The molecule has 0 bridgehead atoms. The van der Waals surface area contributed by atoms with Crippen LogP contribution in [0.25, 0.3) is 72.7 Å². The Morgan fingerprint density at radius 3 is 1.44 bits per heavy atom. The van der Waals surface area contributed by atoms with E-state index in [1.807, 2.05) is 30.4 Å². The summed E-state index contributed by atoms with van der Waals surface area (Å²) >= 11 is 20.1. The summed E-state index contributed by atoms with van der Waals surface area (Å²) in [5, 5.41) is 23.4. The average molecular weight is 1410 g/mol. The Morgan fingerprint density at radius 2 is 0.959 bits per heavy atom. The van der Waals surface area contributed by atoms with E-state index in [1.165, 1.54) is 35.1 Å². The van der Waals surface area contributed by atoms with Gasteiger partial charge in [0.15, 0.2) is 17.3 Å². The molecule has 0 N–H and O–H groups in total. The number of fused-ring (bicyclic) bond motifs is 12. The Bertz CT molecular complexity index is 4750. The highest BCUT2D eigenvalue weighted by molar-refractivity contribution is 7.29. The lowest BCUT2D eigenvalue weighted by molar-refractivity contribution is 0.103. The molecule has 0 aliphatic heterocycles. The monoisotopic (exact) mass is 1410 g/mol. The molecule has 7 aromatic rings. The SMILES string of the molecule is [C-]#[N+]/C(C#N)=C1\C(=C\c2cc3c(s2)-c2sc4c(OC#CC#CC#C)c5c6c(sc5c(OCCCCCCCC)c4c2C3(CCCCCC)CCCCCC)-c2sc(/C=C3\C(=O)c4cc(Cl)c(Cl)cc4\C3=C(\C#N)[N+]#[C-])cc2C6(CCCCCC)CCCCCC)C(=O)c2ccccc21. The second kappa shape index (κ2) is 32.4. The maximum Gasteiger partial charge on any atom is 0.270 e. The summed E-state index contributed by atoms with van der Waals surface area (Å²) in [5.74, 6) is 12.0. The Morgan fingerprint density at radius 1 is 0.531 bits per heavy atom. The van der Waals surface area contributed by atoms with E-state index in [4.69, 9.17) is 52.2 Å². The standard InChI is InChI=1S/C84H80Cl2N4O4S4/c1-9-15-21-27-28-36-44-94-76-70-72-81(77-61(83(72,39-31-22-16-10-2)40-32-23-17-11-3)47-53(95-77)45-59-67(65(51-87)89-7)55-37-29-30-38-56(55)73(59)91)97-79(70)75(93-43-35-26-20-14-6)69-71-82(98-80(69)76)78-62(84(71,41-33-24-18-12-4)42-34-25-19-13-5)48-54(96-78)46-60-68(66(52-88)90-8)57-49-63(85)64(86)50-58(57)74(60)92/h6,29-30,37-38,45-50H,9-13,15-19,21-25,27-28,31-34,36,39-42,44H2,1-5H3/b59-45-,60-46-,67-65-,68-66+. The van der Waals surface area contributed by atoms with Gasteiger partial charge in [-0.1, -0.05) is 217 Å². The van der Waals surface area contributed by atoms with E-state index in [0.717, 1.165) is 209 Å². The number of carbonyl (C=O) groups is 2. The number of ketones is 2. The van der Waals surface area contributed by atoms with Crippen molar-refractivity contribution < 1.29 is 19.1 Å². The summed E-state index contributed by atoms with van der Waals surface area (Å²) in [7, 11) is 0. The van der Waals surface area contributed by atoms with Crippen LogP contribution in [0.2, 0.25) is 10.0 Å². The molecule has 0 radical (unpaired) electrons. The third kappa shape index (κ3) is 13.4. The van der Waals surface area contributed by atoms with Crippen LogP contribution in [0.4, 0.5) is 0 Å². The lowest BCUT2D eigenvalue weighted by Crippen LogP contribution is -2.26. The molecule has 3 aromatic carbocycles. The van der Waals surface area contributed by atoms with Gasteiger partial charge in [0.2, 0.25) is 0 Å². The first kappa shape index (κ1) is 71.4. The van der Waals surface area contributed by atoms with Gasteiger partial charge < -0.3 is 9.47 Å². The molecule has 14 heteroatoms. The van der Waals surface area contributed by atoms with Crippen molar-refractivity contribution in [2.75, 3.05) is 6.61 Å². The van der Waals surface area contributed by atoms with Crippen LogP contribution in [0.5, 0.6) is 11.5 Å². The highest BCUT2D eigenvalue weighted by Crippen LogP contribution is 2.70. The average Bonchev–Trinajstić information content (AvgIpc) is 1.50. The number of ether oxygens (including phenoxy) is 2. The van der Waals surface area contributed by atoms with E-state index >= 15 is 0 Å². The topological polar surface area (TPSA) is 109 Å². The minimum absolute atomic E-state index is 0.102. The molecule has 8 nitrogen and oxygen atoms in total. The smallest absolute Gasteiger partial charge is 0.270 e. The molecule has 98 heavy (non-hydrogen) atoms. The molecule has 4 heterocycles. The van der Waals surface area contributed by atoms with Crippen molar-refractivity contribution in [2.45, 2.75) is 212 Å². The van der Waals surface area contributed by atoms with Gasteiger partial charge in [-0.3, -0.25) is 9.59 Å². The molecule has 0 fully saturated rings. The van der Waals surface area contributed by atoms with E-state index in [0.29, 0.717) is 45.8 Å². The van der Waals surface area contributed by atoms with Gasteiger partial charge in [-0.25, -0.2) is 20.2 Å². The van der Waals surface area contributed by atoms with Crippen molar-refractivity contribution in [3.63, 3.8) is 0 Å².